The number of rotatable bonds is 2. The van der Waals surface area contributed by atoms with Crippen LogP contribution in [-0.4, -0.2) is 39.4 Å². The second-order valence-electron chi connectivity index (χ2n) is 5.29. The predicted molar refractivity (Wildman–Crippen MR) is 79.0 cm³/mol. The number of aryl methyl sites for hydroxylation is 1. The standard InChI is InChI=1S/C15H17N5O/c1-10-17-6-12(7-18-10)19-15(21)14-8-16-5-11-9-20(2)4-3-13(11)14/h5-8H,3-4,9H2,1-2H3,(H,19,21). The van der Waals surface area contributed by atoms with Crippen molar-refractivity contribution in [2.75, 3.05) is 18.9 Å². The van der Waals surface area contributed by atoms with Gasteiger partial charge in [-0.2, -0.15) is 0 Å². The minimum atomic E-state index is -0.156. The molecule has 0 unspecified atom stereocenters. The van der Waals surface area contributed by atoms with Gasteiger partial charge in [0.15, 0.2) is 0 Å². The highest BCUT2D eigenvalue weighted by Crippen LogP contribution is 2.21. The Morgan fingerprint density at radius 1 is 1.24 bits per heavy atom. The Morgan fingerprint density at radius 3 is 2.76 bits per heavy atom. The first kappa shape index (κ1) is 13.6. The fourth-order valence-electron chi connectivity index (χ4n) is 2.49. The van der Waals surface area contributed by atoms with Gasteiger partial charge in [-0.05, 0) is 31.5 Å². The van der Waals surface area contributed by atoms with E-state index >= 15 is 0 Å². The summed E-state index contributed by atoms with van der Waals surface area (Å²) in [6.07, 6.45) is 7.56. The Bertz CT molecular complexity index is 668. The van der Waals surface area contributed by atoms with E-state index in [1.54, 1.807) is 25.5 Å². The number of hydrogen-bond donors (Lipinski definition) is 1. The van der Waals surface area contributed by atoms with Crippen molar-refractivity contribution in [1.82, 2.24) is 19.9 Å². The van der Waals surface area contributed by atoms with Crippen LogP contribution in [0, 0.1) is 6.92 Å². The highest BCUT2D eigenvalue weighted by atomic mass is 16.1. The molecule has 2 aromatic heterocycles. The summed E-state index contributed by atoms with van der Waals surface area (Å²) in [6.45, 7) is 3.58. The van der Waals surface area contributed by atoms with Crippen LogP contribution in [0.4, 0.5) is 5.69 Å². The third-order valence-electron chi connectivity index (χ3n) is 3.61. The molecule has 21 heavy (non-hydrogen) atoms. The van der Waals surface area contributed by atoms with Crippen LogP contribution >= 0.6 is 0 Å². The van der Waals surface area contributed by atoms with Gasteiger partial charge < -0.3 is 10.2 Å². The van der Waals surface area contributed by atoms with E-state index in [9.17, 15) is 4.79 Å². The van der Waals surface area contributed by atoms with Crippen LogP contribution in [0.5, 0.6) is 0 Å². The second-order valence-corrected chi connectivity index (χ2v) is 5.29. The van der Waals surface area contributed by atoms with Crippen LogP contribution in [0.1, 0.15) is 27.3 Å². The summed E-state index contributed by atoms with van der Waals surface area (Å²) >= 11 is 0. The maximum Gasteiger partial charge on any atom is 0.257 e. The van der Waals surface area contributed by atoms with Crippen LogP contribution in [0.2, 0.25) is 0 Å². The molecule has 0 spiro atoms. The molecular weight excluding hydrogens is 266 g/mol. The molecule has 0 atom stereocenters. The Hall–Kier alpha value is -2.34. The molecule has 0 saturated carbocycles. The molecule has 1 amide bonds. The Balaban J connectivity index is 1.85. The van der Waals surface area contributed by atoms with Crippen molar-refractivity contribution in [2.45, 2.75) is 19.9 Å². The van der Waals surface area contributed by atoms with Crippen molar-refractivity contribution in [1.29, 1.82) is 0 Å². The Morgan fingerprint density at radius 2 is 2.00 bits per heavy atom. The number of carbonyl (C=O) groups is 1. The quantitative estimate of drug-likeness (QED) is 0.902. The summed E-state index contributed by atoms with van der Waals surface area (Å²) in [5, 5.41) is 2.83. The zero-order chi connectivity index (χ0) is 14.8. The van der Waals surface area contributed by atoms with E-state index in [4.69, 9.17) is 0 Å². The van der Waals surface area contributed by atoms with Crippen molar-refractivity contribution in [2.24, 2.45) is 0 Å². The average Bonchev–Trinajstić information content (AvgIpc) is 2.48. The van der Waals surface area contributed by atoms with E-state index in [-0.39, 0.29) is 5.91 Å². The SMILES string of the molecule is Cc1ncc(NC(=O)c2cncc3c2CCN(C)C3)cn1. The zero-order valence-electron chi connectivity index (χ0n) is 12.1. The number of nitrogens with zero attached hydrogens (tertiary/aromatic N) is 4. The van der Waals surface area contributed by atoms with Gasteiger partial charge in [0.05, 0.1) is 23.6 Å². The number of nitrogens with one attached hydrogen (secondary N) is 1. The number of anilines is 1. The van der Waals surface area contributed by atoms with Gasteiger partial charge in [0, 0.05) is 25.5 Å². The van der Waals surface area contributed by atoms with Crippen LogP contribution in [-0.2, 0) is 13.0 Å². The number of amides is 1. The lowest BCUT2D eigenvalue weighted by molar-refractivity contribution is 0.102. The lowest BCUT2D eigenvalue weighted by Crippen LogP contribution is -2.29. The molecule has 3 rings (SSSR count). The van der Waals surface area contributed by atoms with Crippen molar-refractivity contribution >= 4 is 11.6 Å². The molecule has 1 aliphatic heterocycles. The summed E-state index contributed by atoms with van der Waals surface area (Å²) in [5.41, 5.74) is 3.45. The van der Waals surface area contributed by atoms with Gasteiger partial charge in [-0.15, -0.1) is 0 Å². The van der Waals surface area contributed by atoms with Crippen molar-refractivity contribution in [3.8, 4) is 0 Å². The minimum absolute atomic E-state index is 0.156. The first-order chi connectivity index (χ1) is 10.1. The van der Waals surface area contributed by atoms with Crippen LogP contribution < -0.4 is 5.32 Å². The third kappa shape index (κ3) is 2.90. The molecule has 0 bridgehead atoms. The summed E-state index contributed by atoms with van der Waals surface area (Å²) in [5.74, 6) is 0.520. The molecule has 0 aliphatic carbocycles. The highest BCUT2D eigenvalue weighted by Gasteiger charge is 2.20. The van der Waals surface area contributed by atoms with Gasteiger partial charge in [0.2, 0.25) is 0 Å². The fraction of sp³-hybridized carbons (Fsp3) is 0.333. The van der Waals surface area contributed by atoms with E-state index in [0.717, 1.165) is 30.6 Å². The van der Waals surface area contributed by atoms with Crippen LogP contribution in [0.15, 0.2) is 24.8 Å². The molecule has 0 radical (unpaired) electrons. The number of fused-ring (bicyclic) bond motifs is 1. The maximum atomic E-state index is 12.4. The maximum absolute atomic E-state index is 12.4. The molecule has 1 aliphatic rings. The summed E-state index contributed by atoms with van der Waals surface area (Å²) in [7, 11) is 2.07. The van der Waals surface area contributed by atoms with Crippen molar-refractivity contribution in [3.63, 3.8) is 0 Å². The molecule has 1 N–H and O–H groups in total. The Labute approximate surface area is 123 Å². The normalized spacial score (nSPS) is 14.6. The number of pyridine rings is 1. The molecule has 3 heterocycles. The topological polar surface area (TPSA) is 71.0 Å². The van der Waals surface area contributed by atoms with Gasteiger partial charge in [-0.25, -0.2) is 9.97 Å². The summed E-state index contributed by atoms with van der Waals surface area (Å²) < 4.78 is 0. The molecular formula is C15H17N5O. The third-order valence-corrected chi connectivity index (χ3v) is 3.61. The van der Waals surface area contributed by atoms with Crippen molar-refractivity contribution < 1.29 is 4.79 Å². The van der Waals surface area contributed by atoms with Gasteiger partial charge in [0.1, 0.15) is 5.82 Å². The van der Waals surface area contributed by atoms with Crippen LogP contribution in [0.25, 0.3) is 0 Å². The smallest absolute Gasteiger partial charge is 0.257 e. The summed E-state index contributed by atoms with van der Waals surface area (Å²) in [6, 6.07) is 0. The molecule has 108 valence electrons. The molecule has 6 nitrogen and oxygen atoms in total. The van der Waals surface area contributed by atoms with Gasteiger partial charge >= 0.3 is 0 Å². The van der Waals surface area contributed by atoms with Crippen LogP contribution in [0.3, 0.4) is 0 Å². The predicted octanol–water partition coefficient (Wildman–Crippen LogP) is 1.42. The number of aromatic nitrogens is 3. The van der Waals surface area contributed by atoms with E-state index in [2.05, 4.69) is 32.2 Å². The van der Waals surface area contributed by atoms with E-state index in [1.165, 1.54) is 0 Å². The van der Waals surface area contributed by atoms with E-state index < -0.39 is 0 Å². The summed E-state index contributed by atoms with van der Waals surface area (Å²) in [4.78, 5) is 27.0. The molecule has 2 aromatic rings. The first-order valence-corrected chi connectivity index (χ1v) is 6.88. The monoisotopic (exact) mass is 283 g/mol. The Kier molecular flexibility index (Phi) is 3.62. The first-order valence-electron chi connectivity index (χ1n) is 6.88. The largest absolute Gasteiger partial charge is 0.319 e. The average molecular weight is 283 g/mol. The van der Waals surface area contributed by atoms with E-state index in [1.807, 2.05) is 6.20 Å². The second kappa shape index (κ2) is 5.57. The number of hydrogen-bond acceptors (Lipinski definition) is 5. The van der Waals surface area contributed by atoms with Gasteiger partial charge in [0.25, 0.3) is 5.91 Å². The number of likely N-dealkylation sites (N-methyl/N-ethyl adjacent to an activating group) is 1. The van der Waals surface area contributed by atoms with E-state index in [0.29, 0.717) is 17.1 Å². The zero-order valence-corrected chi connectivity index (χ0v) is 12.1. The fourth-order valence-corrected chi connectivity index (χ4v) is 2.49. The highest BCUT2D eigenvalue weighted by molar-refractivity contribution is 6.05. The van der Waals surface area contributed by atoms with Gasteiger partial charge in [-0.3, -0.25) is 9.78 Å². The lowest BCUT2D eigenvalue weighted by atomic mass is 9.97. The molecule has 0 fully saturated rings. The minimum Gasteiger partial charge on any atom is -0.319 e. The number of carbonyl (C=O) groups excluding carboxylic acids is 1. The molecule has 0 saturated heterocycles. The van der Waals surface area contributed by atoms with Crippen molar-refractivity contribution in [3.05, 3.63) is 47.3 Å². The molecule has 0 aromatic carbocycles. The molecule has 6 heteroatoms. The lowest BCUT2D eigenvalue weighted by Gasteiger charge is -2.25. The van der Waals surface area contributed by atoms with Gasteiger partial charge in [-0.1, -0.05) is 0 Å².